The Balaban J connectivity index is 2.55. The molecule has 1 heterocycles. The molecule has 0 unspecified atom stereocenters. The average Bonchev–Trinajstić information content (AvgIpc) is 2.44. The van der Waals surface area contributed by atoms with Gasteiger partial charge in [0.2, 0.25) is 0 Å². The molecule has 4 nitrogen and oxygen atoms in total. The third-order valence-electron chi connectivity index (χ3n) is 2.09. The van der Waals surface area contributed by atoms with E-state index in [1.807, 2.05) is 31.2 Å². The number of aryl methyl sites for hydroxylation is 1. The Morgan fingerprint density at radius 1 is 1.29 bits per heavy atom. The van der Waals surface area contributed by atoms with Gasteiger partial charge < -0.3 is 14.8 Å². The number of rotatable bonds is 2. The lowest BCUT2D eigenvalue weighted by Gasteiger charge is -2.05. The summed E-state index contributed by atoms with van der Waals surface area (Å²) in [4.78, 5) is 0. The zero-order valence-electron chi connectivity index (χ0n) is 7.71. The van der Waals surface area contributed by atoms with Crippen molar-refractivity contribution >= 4 is 18.2 Å². The van der Waals surface area contributed by atoms with E-state index in [0.717, 1.165) is 16.5 Å². The van der Waals surface area contributed by atoms with Crippen LogP contribution in [-0.2, 0) is 0 Å². The second kappa shape index (κ2) is 3.36. The fraction of sp³-hybridized carbons (Fsp3) is 0.111. The molecule has 0 aliphatic heterocycles. The van der Waals surface area contributed by atoms with E-state index in [4.69, 9.17) is 14.8 Å². The molecule has 0 atom stereocenters. The average molecular weight is 191 g/mol. The maximum Gasteiger partial charge on any atom is 0.728 e. The molecule has 0 saturated heterocycles. The topological polar surface area (TPSA) is 54.6 Å². The second-order valence-electron chi connectivity index (χ2n) is 3.09. The van der Waals surface area contributed by atoms with Gasteiger partial charge in [0, 0.05) is 11.6 Å². The molecule has 1 aromatic carbocycles. The van der Waals surface area contributed by atoms with Crippen molar-refractivity contribution in [2.24, 2.45) is 0 Å². The van der Waals surface area contributed by atoms with E-state index in [2.05, 4.69) is 0 Å². The van der Waals surface area contributed by atoms with Crippen LogP contribution in [0.25, 0.3) is 10.9 Å². The Morgan fingerprint density at radius 3 is 2.71 bits per heavy atom. The van der Waals surface area contributed by atoms with Gasteiger partial charge >= 0.3 is 7.32 Å². The van der Waals surface area contributed by atoms with Gasteiger partial charge in [-0.25, -0.2) is 4.73 Å². The molecule has 14 heavy (non-hydrogen) atoms. The van der Waals surface area contributed by atoms with Crippen LogP contribution >= 0.6 is 0 Å². The molecule has 0 aliphatic carbocycles. The molecule has 0 spiro atoms. The molecule has 0 saturated carbocycles. The third kappa shape index (κ3) is 1.47. The van der Waals surface area contributed by atoms with Crippen LogP contribution in [0.4, 0.5) is 0 Å². The highest BCUT2D eigenvalue weighted by atomic mass is 16.7. The highest BCUT2D eigenvalue weighted by molar-refractivity contribution is 6.33. The van der Waals surface area contributed by atoms with Gasteiger partial charge in [-0.1, -0.05) is 18.2 Å². The van der Waals surface area contributed by atoms with Crippen molar-refractivity contribution in [3.8, 4) is 0 Å². The van der Waals surface area contributed by atoms with E-state index >= 15 is 0 Å². The summed E-state index contributed by atoms with van der Waals surface area (Å²) in [6.07, 6.45) is 1.71. The van der Waals surface area contributed by atoms with Gasteiger partial charge in [0.15, 0.2) is 0 Å². The second-order valence-corrected chi connectivity index (χ2v) is 3.09. The first kappa shape index (κ1) is 9.11. The summed E-state index contributed by atoms with van der Waals surface area (Å²) in [6.45, 7) is 1.94. The Hall–Kier alpha value is -1.46. The lowest BCUT2D eigenvalue weighted by molar-refractivity contribution is 0.173. The normalized spacial score (nSPS) is 10.5. The standard InChI is InChI=1S/C9H10BNO3/c1-7-6-11(14-10(12)13)9-5-3-2-4-8(7)9/h2-6,12-13H,1H3. The fourth-order valence-electron chi connectivity index (χ4n) is 1.50. The smallest absolute Gasteiger partial charge is 0.421 e. The summed E-state index contributed by atoms with van der Waals surface area (Å²) < 4.78 is 6.13. The van der Waals surface area contributed by atoms with Crippen molar-refractivity contribution in [3.05, 3.63) is 36.0 Å². The van der Waals surface area contributed by atoms with Gasteiger partial charge in [0.05, 0.1) is 5.52 Å². The molecule has 0 fully saturated rings. The zero-order chi connectivity index (χ0) is 10.1. The largest absolute Gasteiger partial charge is 0.728 e. The van der Waals surface area contributed by atoms with Crippen LogP contribution in [0.1, 0.15) is 5.56 Å². The van der Waals surface area contributed by atoms with E-state index in [1.165, 1.54) is 4.73 Å². The van der Waals surface area contributed by atoms with Crippen LogP contribution in [0, 0.1) is 6.92 Å². The van der Waals surface area contributed by atoms with Crippen molar-refractivity contribution in [3.63, 3.8) is 0 Å². The Kier molecular flexibility index (Phi) is 2.19. The van der Waals surface area contributed by atoms with Gasteiger partial charge in [-0.15, -0.1) is 0 Å². The van der Waals surface area contributed by atoms with Crippen LogP contribution < -0.4 is 4.76 Å². The van der Waals surface area contributed by atoms with Crippen LogP contribution in [0.3, 0.4) is 0 Å². The van der Waals surface area contributed by atoms with Gasteiger partial charge in [-0.05, 0) is 18.6 Å². The molecule has 2 aromatic rings. The number of benzene rings is 1. The van der Waals surface area contributed by atoms with Crippen molar-refractivity contribution in [2.45, 2.75) is 6.92 Å². The van der Waals surface area contributed by atoms with Crippen molar-refractivity contribution in [1.29, 1.82) is 0 Å². The Bertz CT molecular complexity index is 452. The quantitative estimate of drug-likeness (QED) is 0.673. The zero-order valence-corrected chi connectivity index (χ0v) is 7.71. The molecule has 0 bridgehead atoms. The van der Waals surface area contributed by atoms with E-state index in [0.29, 0.717) is 0 Å². The van der Waals surface area contributed by atoms with Crippen LogP contribution in [0.15, 0.2) is 30.5 Å². The molecule has 72 valence electrons. The molecule has 1 aromatic heterocycles. The highest BCUT2D eigenvalue weighted by Gasteiger charge is 2.14. The van der Waals surface area contributed by atoms with E-state index in [1.54, 1.807) is 6.20 Å². The summed E-state index contributed by atoms with van der Waals surface area (Å²) >= 11 is 0. The van der Waals surface area contributed by atoms with Gasteiger partial charge in [-0.2, -0.15) is 0 Å². The van der Waals surface area contributed by atoms with Gasteiger partial charge in [-0.3, -0.25) is 0 Å². The molecule has 5 heteroatoms. The monoisotopic (exact) mass is 191 g/mol. The minimum atomic E-state index is -1.80. The van der Waals surface area contributed by atoms with Crippen LogP contribution in [-0.4, -0.2) is 22.1 Å². The van der Waals surface area contributed by atoms with Gasteiger partial charge in [0.25, 0.3) is 0 Å². The summed E-state index contributed by atoms with van der Waals surface area (Å²) in [5.74, 6) is 0. The lowest BCUT2D eigenvalue weighted by Crippen LogP contribution is -2.28. The summed E-state index contributed by atoms with van der Waals surface area (Å²) in [5.41, 5.74) is 1.85. The predicted molar refractivity (Wildman–Crippen MR) is 53.4 cm³/mol. The first-order valence-electron chi connectivity index (χ1n) is 4.28. The first-order chi connectivity index (χ1) is 6.68. The molecular weight excluding hydrogens is 181 g/mol. The van der Waals surface area contributed by atoms with E-state index < -0.39 is 7.32 Å². The summed E-state index contributed by atoms with van der Waals surface area (Å²) in [5, 5.41) is 18.4. The minimum Gasteiger partial charge on any atom is -0.421 e. The molecule has 2 rings (SSSR count). The highest BCUT2D eigenvalue weighted by Crippen LogP contribution is 2.18. The first-order valence-corrected chi connectivity index (χ1v) is 4.28. The number of aromatic nitrogens is 1. The number of para-hydroxylation sites is 1. The van der Waals surface area contributed by atoms with Crippen molar-refractivity contribution in [1.82, 2.24) is 4.73 Å². The lowest BCUT2D eigenvalue weighted by atomic mass is 10.2. The molecule has 0 aliphatic rings. The maximum atomic E-state index is 8.69. The summed E-state index contributed by atoms with van der Waals surface area (Å²) in [7, 11) is -1.80. The SMILES string of the molecule is Cc1cn(OB(O)O)c2ccccc12. The number of hydrogen-bond donors (Lipinski definition) is 2. The van der Waals surface area contributed by atoms with E-state index in [9.17, 15) is 0 Å². The number of hydrogen-bond acceptors (Lipinski definition) is 3. The Morgan fingerprint density at radius 2 is 2.00 bits per heavy atom. The number of nitrogens with zero attached hydrogens (tertiary/aromatic N) is 1. The molecule has 0 radical (unpaired) electrons. The van der Waals surface area contributed by atoms with Gasteiger partial charge in [0.1, 0.15) is 0 Å². The van der Waals surface area contributed by atoms with Crippen LogP contribution in [0.2, 0.25) is 0 Å². The van der Waals surface area contributed by atoms with Crippen molar-refractivity contribution in [2.75, 3.05) is 0 Å². The number of fused-ring (bicyclic) bond motifs is 1. The molecular formula is C9H10BNO3. The predicted octanol–water partition coefficient (Wildman–Crippen LogP) is 0.348. The van der Waals surface area contributed by atoms with Crippen molar-refractivity contribution < 1.29 is 14.8 Å². The molecule has 0 amide bonds. The van der Waals surface area contributed by atoms with E-state index in [-0.39, 0.29) is 0 Å². The maximum absolute atomic E-state index is 8.69. The fourth-order valence-corrected chi connectivity index (χ4v) is 1.50. The molecule has 2 N–H and O–H groups in total. The Labute approximate surface area is 81.5 Å². The van der Waals surface area contributed by atoms with Crippen LogP contribution in [0.5, 0.6) is 0 Å². The third-order valence-corrected chi connectivity index (χ3v) is 2.09. The minimum absolute atomic E-state index is 0.818. The summed E-state index contributed by atoms with van der Waals surface area (Å²) in [6, 6.07) is 7.60.